The highest BCUT2D eigenvalue weighted by Gasteiger charge is 2.63. The van der Waals surface area contributed by atoms with Gasteiger partial charge < -0.3 is 28.4 Å². The van der Waals surface area contributed by atoms with Crippen molar-refractivity contribution >= 4 is 64.3 Å². The van der Waals surface area contributed by atoms with Crippen molar-refractivity contribution in [3.63, 3.8) is 0 Å². The number of hydrogen-bond acceptors (Lipinski definition) is 9. The van der Waals surface area contributed by atoms with Crippen LogP contribution >= 0.6 is 46.4 Å². The van der Waals surface area contributed by atoms with Gasteiger partial charge in [-0.15, -0.1) is 0 Å². The first-order valence-corrected chi connectivity index (χ1v) is 26.9. The Morgan fingerprint density at radius 2 is 1.09 bits per heavy atom. The Bertz CT molecular complexity index is 3070. The number of rotatable bonds is 15. The number of para-hydroxylation sites is 1. The Kier molecular flexibility index (Phi) is 18.9. The molecular weight excluding hydrogens is 1090 g/mol. The molecule has 1 heterocycles. The Balaban J connectivity index is 0.000000171. The number of esters is 3. The van der Waals surface area contributed by atoms with E-state index in [1.807, 2.05) is 138 Å². The molecule has 5 aromatic carbocycles. The third kappa shape index (κ3) is 14.7. The minimum Gasteiger partial charge on any atom is -0.461 e. The van der Waals surface area contributed by atoms with E-state index >= 15 is 0 Å². The minimum atomic E-state index is -4.61. The number of halogens is 7. The average Bonchev–Trinajstić information content (AvgIpc) is 4.28. The molecule has 414 valence electrons. The molecule has 9 rings (SSSR count). The number of fused-ring (bicyclic) bond motifs is 1. The van der Waals surface area contributed by atoms with Crippen molar-refractivity contribution in [3.8, 4) is 34.1 Å². The first-order valence-electron chi connectivity index (χ1n) is 25.4. The summed E-state index contributed by atoms with van der Waals surface area (Å²) >= 11 is 23.0. The molecule has 0 spiro atoms. The summed E-state index contributed by atoms with van der Waals surface area (Å²) in [7, 11) is 0. The molecule has 0 N–H and O–H groups in total. The fourth-order valence-electron chi connectivity index (χ4n) is 9.95. The zero-order chi connectivity index (χ0) is 56.9. The van der Waals surface area contributed by atoms with E-state index < -0.39 is 34.4 Å². The largest absolute Gasteiger partial charge is 0.461 e. The zero-order valence-electron chi connectivity index (χ0n) is 44.8. The van der Waals surface area contributed by atoms with Crippen molar-refractivity contribution in [3.05, 3.63) is 176 Å². The van der Waals surface area contributed by atoms with Crippen molar-refractivity contribution in [2.45, 2.75) is 88.3 Å². The molecule has 1 aliphatic heterocycles. The summed E-state index contributed by atoms with van der Waals surface area (Å²) in [5.74, 6) is 0.492. The minimum absolute atomic E-state index is 0.00717. The predicted octanol–water partition coefficient (Wildman–Crippen LogP) is 17.1. The SMILES string of the molecule is CC(C)=CC1C(C(=O)OCc2cc3c(cc2Cl)OCO3)C1(C)C.CC1(C)[C@H](C=C(Cl)Cl)[C@H]1C(=O)OCc1cccc(Oc2ccccc2)c1.Cc1c(COC(=O)C2C(/C=C(\Cl)C(F)(F)F)C2(C)C)cccc1-c1ccccc1. The maximum absolute atomic E-state index is 12.7. The van der Waals surface area contributed by atoms with E-state index in [1.165, 1.54) is 5.57 Å². The maximum atomic E-state index is 12.7. The van der Waals surface area contributed by atoms with Crippen LogP contribution in [0.1, 0.15) is 77.6 Å². The smallest absolute Gasteiger partial charge is 0.426 e. The fourth-order valence-corrected chi connectivity index (χ4v) is 10.6. The molecule has 3 fully saturated rings. The van der Waals surface area contributed by atoms with Gasteiger partial charge in [0, 0.05) is 11.6 Å². The van der Waals surface area contributed by atoms with Gasteiger partial charge in [-0.2, -0.15) is 13.2 Å². The van der Waals surface area contributed by atoms with Crippen molar-refractivity contribution in [2.75, 3.05) is 6.79 Å². The predicted molar refractivity (Wildman–Crippen MR) is 298 cm³/mol. The van der Waals surface area contributed by atoms with E-state index in [0.717, 1.165) is 45.2 Å². The lowest BCUT2D eigenvalue weighted by atomic mass is 9.97. The molecule has 5 aromatic rings. The molecule has 3 saturated carbocycles. The molecule has 78 heavy (non-hydrogen) atoms. The van der Waals surface area contributed by atoms with Crippen LogP contribution in [0.5, 0.6) is 23.0 Å². The normalized spacial score (nSPS) is 21.4. The summed E-state index contributed by atoms with van der Waals surface area (Å²) in [5.41, 5.74) is 5.92. The summed E-state index contributed by atoms with van der Waals surface area (Å²) < 4.78 is 71.1. The molecule has 3 aliphatic carbocycles. The number of carbonyl (C=O) groups is 3. The van der Waals surface area contributed by atoms with Crippen molar-refractivity contribution in [2.24, 2.45) is 51.8 Å². The van der Waals surface area contributed by atoms with Crippen molar-refractivity contribution < 1.29 is 56.0 Å². The van der Waals surface area contributed by atoms with Crippen molar-refractivity contribution in [1.29, 1.82) is 0 Å². The Hall–Kier alpha value is -5.92. The van der Waals surface area contributed by atoms with Gasteiger partial charge in [0.15, 0.2) is 11.5 Å². The molecule has 0 saturated heterocycles. The molecule has 6 atom stereocenters. The summed E-state index contributed by atoms with van der Waals surface area (Å²) in [6, 6.07) is 36.1. The second kappa shape index (κ2) is 24.6. The van der Waals surface area contributed by atoms with Crippen LogP contribution in [-0.2, 0) is 48.4 Å². The molecule has 0 bridgehead atoms. The highest BCUT2D eigenvalue weighted by atomic mass is 35.5. The van der Waals surface area contributed by atoms with Gasteiger partial charge in [0.1, 0.15) is 40.8 Å². The van der Waals surface area contributed by atoms with Crippen LogP contribution in [0, 0.1) is 58.7 Å². The van der Waals surface area contributed by atoms with E-state index in [4.69, 9.17) is 74.8 Å². The standard InChI is InChI=1S/C23H22ClF3O2.C21H20Cl2O3.C18H21ClO4/c1-14-16(10-7-11-17(14)15-8-5-4-6-9-15)13-29-21(28)20-18(22(20,2)3)12-19(24)23(25,26)27;1-21(2)17(12-18(22)23)19(21)20(24)25-13-14-7-6-10-16(11-14)26-15-8-4-3-5-9-15;1-10(2)5-12-16(18(12,3)4)17(20)21-8-11-6-14-15(7-13(11)19)23-9-22-14/h4-12,18,20H,13H2,1-3H3;3-12,17,19H,13H2,1-2H3;5-7,12,16H,8-9H2,1-4H3/b19-12-;;/t;17-,19+;/m.1./s1. The van der Waals surface area contributed by atoms with E-state index in [0.29, 0.717) is 22.3 Å². The summed E-state index contributed by atoms with van der Waals surface area (Å²) in [5, 5.41) is -0.685. The summed E-state index contributed by atoms with van der Waals surface area (Å²) in [4.78, 5) is 37.3. The summed E-state index contributed by atoms with van der Waals surface area (Å²) in [6.07, 6.45) is 0.182. The first-order chi connectivity index (χ1) is 36.7. The van der Waals surface area contributed by atoms with Gasteiger partial charge in [-0.1, -0.05) is 185 Å². The van der Waals surface area contributed by atoms with Gasteiger partial charge in [0.2, 0.25) is 6.79 Å². The van der Waals surface area contributed by atoms with Crippen LogP contribution in [0.3, 0.4) is 0 Å². The molecule has 0 radical (unpaired) electrons. The van der Waals surface area contributed by atoms with E-state index in [-0.39, 0.29) is 77.5 Å². The highest BCUT2D eigenvalue weighted by molar-refractivity contribution is 6.55. The molecular formula is C62H63Cl4F3O9. The highest BCUT2D eigenvalue weighted by Crippen LogP contribution is 2.62. The molecule has 9 nitrogen and oxygen atoms in total. The lowest BCUT2D eigenvalue weighted by molar-refractivity contribution is -0.148. The molecule has 4 aliphatic rings. The van der Waals surface area contributed by atoms with Gasteiger partial charge in [-0.05, 0) is 119 Å². The van der Waals surface area contributed by atoms with Gasteiger partial charge in [0.05, 0.1) is 22.8 Å². The van der Waals surface area contributed by atoms with Crippen LogP contribution in [0.25, 0.3) is 11.1 Å². The number of ether oxygens (including phenoxy) is 6. The van der Waals surface area contributed by atoms with E-state index in [9.17, 15) is 27.6 Å². The lowest BCUT2D eigenvalue weighted by Crippen LogP contribution is -2.11. The van der Waals surface area contributed by atoms with Crippen LogP contribution in [0.4, 0.5) is 13.2 Å². The Morgan fingerprint density at radius 1 is 0.603 bits per heavy atom. The topological polar surface area (TPSA) is 107 Å². The fraction of sp³-hybridized carbons (Fsp3) is 0.371. The van der Waals surface area contributed by atoms with E-state index in [2.05, 4.69) is 19.9 Å². The third-order valence-electron chi connectivity index (χ3n) is 15.0. The average molecular weight is 1150 g/mol. The number of benzene rings is 5. The first kappa shape index (κ1) is 59.7. The number of allylic oxidation sites excluding steroid dienone is 5. The molecule has 0 amide bonds. The number of carbonyl (C=O) groups excluding carboxylic acids is 3. The maximum Gasteiger partial charge on any atom is 0.426 e. The molecule has 4 unspecified atom stereocenters. The van der Waals surface area contributed by atoms with Crippen molar-refractivity contribution in [1.82, 2.24) is 0 Å². The van der Waals surface area contributed by atoms with Gasteiger partial charge in [-0.3, -0.25) is 14.4 Å². The van der Waals surface area contributed by atoms with Gasteiger partial charge >= 0.3 is 24.1 Å². The number of alkyl halides is 3. The zero-order valence-corrected chi connectivity index (χ0v) is 47.8. The lowest BCUT2D eigenvalue weighted by Gasteiger charge is -2.12. The quantitative estimate of drug-likeness (QED) is 0.0575. The second-order valence-corrected chi connectivity index (χ2v) is 23.6. The Labute approximate surface area is 474 Å². The van der Waals surface area contributed by atoms with Gasteiger partial charge in [0.25, 0.3) is 0 Å². The number of hydrogen-bond donors (Lipinski definition) is 0. The monoisotopic (exact) mass is 1150 g/mol. The van der Waals surface area contributed by atoms with Crippen LogP contribution < -0.4 is 14.2 Å². The molecule has 0 aromatic heterocycles. The second-order valence-electron chi connectivity index (χ2n) is 21.8. The summed E-state index contributed by atoms with van der Waals surface area (Å²) in [6.45, 7) is 18.3. The van der Waals surface area contributed by atoms with Gasteiger partial charge in [-0.25, -0.2) is 0 Å². The van der Waals surface area contributed by atoms with E-state index in [1.54, 1.807) is 32.1 Å². The van der Waals surface area contributed by atoms with Crippen LogP contribution in [0.2, 0.25) is 5.02 Å². The Morgan fingerprint density at radius 3 is 1.64 bits per heavy atom. The third-order valence-corrected chi connectivity index (χ3v) is 15.9. The molecule has 16 heteroatoms. The van der Waals surface area contributed by atoms with Crippen LogP contribution in [0.15, 0.2) is 149 Å². The van der Waals surface area contributed by atoms with Crippen LogP contribution in [-0.4, -0.2) is 30.9 Å².